The minimum absolute atomic E-state index is 0.346. The van der Waals surface area contributed by atoms with E-state index in [-0.39, 0.29) is 0 Å². The van der Waals surface area contributed by atoms with Crippen molar-refractivity contribution in [3.63, 3.8) is 0 Å². The Morgan fingerprint density at radius 3 is 1.73 bits per heavy atom. The smallest absolute Gasteiger partial charge is 0.184 e. The van der Waals surface area contributed by atoms with Crippen LogP contribution in [0.1, 0.15) is 11.1 Å². The van der Waals surface area contributed by atoms with Gasteiger partial charge in [-0.15, -0.1) is 0 Å². The summed E-state index contributed by atoms with van der Waals surface area (Å²) in [7, 11) is 0. The lowest BCUT2D eigenvalue weighted by Gasteiger charge is -2.46. The summed E-state index contributed by atoms with van der Waals surface area (Å²) in [5.41, 5.74) is 1.85. The van der Waals surface area contributed by atoms with Crippen LogP contribution in [0.4, 0.5) is 0 Å². The third kappa shape index (κ3) is 5.23. The van der Waals surface area contributed by atoms with Crippen molar-refractivity contribution >= 4 is 0 Å². The van der Waals surface area contributed by atoms with E-state index in [2.05, 4.69) is 0 Å². The lowest BCUT2D eigenvalue weighted by atomic mass is 9.90. The SMILES string of the molecule is OC[C@H](O)[C@@H]([C@H]1O[C@H](O)[C@H](O)[C@@H](O)[C@H]1O)N(Cc1ccccc1)Cc1ccccc1. The maximum Gasteiger partial charge on any atom is 0.184 e. The van der Waals surface area contributed by atoms with E-state index in [1.54, 1.807) is 0 Å². The van der Waals surface area contributed by atoms with Crippen LogP contribution >= 0.6 is 0 Å². The number of nitrogens with zero attached hydrogens (tertiary/aromatic N) is 1. The molecular formula is C22H29NO7. The highest BCUT2D eigenvalue weighted by molar-refractivity contribution is 5.18. The number of ether oxygens (including phenoxy) is 1. The second-order valence-corrected chi connectivity index (χ2v) is 7.58. The van der Waals surface area contributed by atoms with Crippen LogP contribution in [0.3, 0.4) is 0 Å². The molecule has 1 heterocycles. The second-order valence-electron chi connectivity index (χ2n) is 7.58. The molecule has 1 aliphatic rings. The van der Waals surface area contributed by atoms with Gasteiger partial charge in [-0.25, -0.2) is 0 Å². The zero-order valence-corrected chi connectivity index (χ0v) is 16.5. The molecule has 30 heavy (non-hydrogen) atoms. The number of hydrogen-bond donors (Lipinski definition) is 6. The number of aliphatic hydroxyl groups excluding tert-OH is 6. The lowest BCUT2D eigenvalue weighted by molar-refractivity contribution is -0.298. The van der Waals surface area contributed by atoms with Crippen molar-refractivity contribution in [2.24, 2.45) is 0 Å². The molecule has 6 N–H and O–H groups in total. The Morgan fingerprint density at radius 2 is 1.27 bits per heavy atom. The van der Waals surface area contributed by atoms with E-state index in [1.165, 1.54) is 0 Å². The number of aliphatic hydroxyl groups is 6. The maximum absolute atomic E-state index is 10.6. The van der Waals surface area contributed by atoms with Crippen molar-refractivity contribution < 1.29 is 35.4 Å². The summed E-state index contributed by atoms with van der Waals surface area (Å²) in [4.78, 5) is 1.82. The highest BCUT2D eigenvalue weighted by Crippen LogP contribution is 2.28. The molecule has 2 aromatic rings. The largest absolute Gasteiger partial charge is 0.394 e. The van der Waals surface area contributed by atoms with E-state index in [0.29, 0.717) is 13.1 Å². The van der Waals surface area contributed by atoms with E-state index < -0.39 is 49.5 Å². The number of hydrogen-bond acceptors (Lipinski definition) is 8. The van der Waals surface area contributed by atoms with Crippen LogP contribution in [-0.2, 0) is 17.8 Å². The van der Waals surface area contributed by atoms with Crippen LogP contribution in [0, 0.1) is 0 Å². The summed E-state index contributed by atoms with van der Waals surface area (Å²) in [6.45, 7) is 0.0731. The van der Waals surface area contributed by atoms with Gasteiger partial charge in [0.1, 0.15) is 24.4 Å². The molecule has 0 saturated carbocycles. The summed E-state index contributed by atoms with van der Waals surface area (Å²) < 4.78 is 5.41. The molecule has 0 radical (unpaired) electrons. The normalized spacial score (nSPS) is 29.0. The molecule has 1 saturated heterocycles. The Labute approximate surface area is 175 Å². The highest BCUT2D eigenvalue weighted by Gasteiger charge is 2.49. The van der Waals surface area contributed by atoms with Gasteiger partial charge in [-0.3, -0.25) is 4.90 Å². The Bertz CT molecular complexity index is 721. The van der Waals surface area contributed by atoms with Crippen molar-refractivity contribution in [1.29, 1.82) is 0 Å². The van der Waals surface area contributed by atoms with E-state index in [9.17, 15) is 30.6 Å². The molecule has 2 aromatic carbocycles. The first-order chi connectivity index (χ1) is 14.4. The number of benzene rings is 2. The molecule has 8 heteroatoms. The van der Waals surface area contributed by atoms with Crippen LogP contribution in [0.5, 0.6) is 0 Å². The van der Waals surface area contributed by atoms with Gasteiger partial charge in [0.25, 0.3) is 0 Å². The predicted molar refractivity (Wildman–Crippen MR) is 108 cm³/mol. The Hall–Kier alpha value is -1.88. The summed E-state index contributed by atoms with van der Waals surface area (Å²) >= 11 is 0. The fraction of sp³-hybridized carbons (Fsp3) is 0.455. The van der Waals surface area contributed by atoms with Crippen molar-refractivity contribution in [2.45, 2.75) is 55.9 Å². The summed E-state index contributed by atoms with van der Waals surface area (Å²) in [5, 5.41) is 60.9. The molecule has 0 unspecified atom stereocenters. The van der Waals surface area contributed by atoms with Gasteiger partial charge in [-0.05, 0) is 11.1 Å². The second kappa shape index (κ2) is 10.4. The zero-order chi connectivity index (χ0) is 21.7. The molecule has 7 atom stereocenters. The quantitative estimate of drug-likeness (QED) is 0.328. The van der Waals surface area contributed by atoms with E-state index in [0.717, 1.165) is 11.1 Å². The summed E-state index contributed by atoms with van der Waals surface area (Å²) in [6.07, 6.45) is -9.26. The van der Waals surface area contributed by atoms with Gasteiger partial charge in [-0.1, -0.05) is 60.7 Å². The first kappa shape index (κ1) is 22.8. The third-order valence-electron chi connectivity index (χ3n) is 5.42. The van der Waals surface area contributed by atoms with Crippen molar-refractivity contribution in [1.82, 2.24) is 4.90 Å². The van der Waals surface area contributed by atoms with Crippen molar-refractivity contribution in [3.8, 4) is 0 Å². The fourth-order valence-electron chi connectivity index (χ4n) is 3.85. The Morgan fingerprint density at radius 1 is 0.767 bits per heavy atom. The average Bonchev–Trinajstić information content (AvgIpc) is 2.77. The molecule has 1 aliphatic heterocycles. The van der Waals surface area contributed by atoms with Crippen LogP contribution < -0.4 is 0 Å². The molecule has 164 valence electrons. The molecule has 0 amide bonds. The van der Waals surface area contributed by atoms with Gasteiger partial charge in [0.05, 0.1) is 18.8 Å². The van der Waals surface area contributed by atoms with Gasteiger partial charge in [-0.2, -0.15) is 0 Å². The zero-order valence-electron chi connectivity index (χ0n) is 16.5. The summed E-state index contributed by atoms with van der Waals surface area (Å²) in [5.74, 6) is 0. The molecular weight excluding hydrogens is 390 g/mol. The number of rotatable bonds is 8. The molecule has 0 aromatic heterocycles. The highest BCUT2D eigenvalue weighted by atomic mass is 16.6. The molecule has 3 rings (SSSR count). The van der Waals surface area contributed by atoms with Crippen LogP contribution in [0.25, 0.3) is 0 Å². The predicted octanol–water partition coefficient (Wildman–Crippen LogP) is -0.789. The Kier molecular flexibility index (Phi) is 7.93. The van der Waals surface area contributed by atoms with Crippen molar-refractivity contribution in [3.05, 3.63) is 71.8 Å². The van der Waals surface area contributed by atoms with Crippen molar-refractivity contribution in [2.75, 3.05) is 6.61 Å². The van der Waals surface area contributed by atoms with Crippen LogP contribution in [0.2, 0.25) is 0 Å². The molecule has 1 fully saturated rings. The minimum atomic E-state index is -1.74. The first-order valence-electron chi connectivity index (χ1n) is 9.91. The minimum Gasteiger partial charge on any atom is -0.394 e. The topological polar surface area (TPSA) is 134 Å². The van der Waals surface area contributed by atoms with Gasteiger partial charge >= 0.3 is 0 Å². The molecule has 0 aliphatic carbocycles. The van der Waals surface area contributed by atoms with Crippen LogP contribution in [0.15, 0.2) is 60.7 Å². The maximum atomic E-state index is 10.6. The van der Waals surface area contributed by atoms with Gasteiger partial charge in [0.2, 0.25) is 0 Å². The van der Waals surface area contributed by atoms with Crippen LogP contribution in [-0.4, -0.2) is 85.0 Å². The van der Waals surface area contributed by atoms with E-state index in [1.807, 2.05) is 65.6 Å². The third-order valence-corrected chi connectivity index (χ3v) is 5.42. The molecule has 0 spiro atoms. The van der Waals surface area contributed by atoms with E-state index in [4.69, 9.17) is 4.74 Å². The standard InChI is InChI=1S/C22H29NO7/c24-13-16(25)17(21-19(27)18(26)20(28)22(29)30-21)23(11-14-7-3-1-4-8-14)12-15-9-5-2-6-10-15/h1-10,16-22,24-29H,11-13H2/t16-,17-,18-,19+,20+,21+,22-/m0/s1. The van der Waals surface area contributed by atoms with Gasteiger partial charge in [0, 0.05) is 13.1 Å². The molecule has 8 nitrogen and oxygen atoms in total. The monoisotopic (exact) mass is 419 g/mol. The van der Waals surface area contributed by atoms with Gasteiger partial charge in [0.15, 0.2) is 6.29 Å². The fourth-order valence-corrected chi connectivity index (χ4v) is 3.85. The molecule has 0 bridgehead atoms. The summed E-state index contributed by atoms with van der Waals surface area (Å²) in [6, 6.07) is 17.9. The lowest BCUT2D eigenvalue weighted by Crippen LogP contribution is -2.65. The van der Waals surface area contributed by atoms with Gasteiger partial charge < -0.3 is 35.4 Å². The first-order valence-corrected chi connectivity index (χ1v) is 9.91. The van der Waals surface area contributed by atoms with E-state index >= 15 is 0 Å². The average molecular weight is 419 g/mol. The Balaban J connectivity index is 1.96.